The molecule has 0 saturated heterocycles. The molecule has 0 N–H and O–H groups in total. The second-order valence-corrected chi connectivity index (χ2v) is 5.71. The molecule has 0 heteroatoms. The normalized spacial score (nSPS) is 12.0. The maximum absolute atomic E-state index is 2.17. The molecule has 22 heavy (non-hydrogen) atoms. The molecule has 0 amide bonds. The fourth-order valence-electron chi connectivity index (χ4n) is 2.61. The Balaban J connectivity index is 2.05. The summed E-state index contributed by atoms with van der Waals surface area (Å²) in [5.41, 5.74) is 7.88. The van der Waals surface area contributed by atoms with Crippen LogP contribution in [0.4, 0.5) is 0 Å². The smallest absolute Gasteiger partial charge is 0.0198 e. The van der Waals surface area contributed by atoms with Crippen LogP contribution in [0.25, 0.3) is 12.2 Å². The third-order valence-electron chi connectivity index (χ3n) is 3.94. The summed E-state index contributed by atoms with van der Waals surface area (Å²) in [7, 11) is 0. The lowest BCUT2D eigenvalue weighted by molar-refractivity contribution is 1.35. The van der Waals surface area contributed by atoms with Gasteiger partial charge in [-0.1, -0.05) is 72.9 Å². The molecule has 112 valence electrons. The van der Waals surface area contributed by atoms with Gasteiger partial charge in [-0.05, 0) is 61.1 Å². The van der Waals surface area contributed by atoms with Crippen LogP contribution in [0, 0.1) is 27.7 Å². The third-order valence-corrected chi connectivity index (χ3v) is 3.94. The third kappa shape index (κ3) is 4.08. The molecule has 0 radical (unpaired) electrons. The van der Waals surface area contributed by atoms with E-state index in [9.17, 15) is 0 Å². The molecule has 0 aliphatic rings. The fraction of sp³-hybridized carbons (Fsp3) is 0.182. The topological polar surface area (TPSA) is 0 Å². The monoisotopic (exact) mass is 288 g/mol. The molecular weight excluding hydrogens is 264 g/mol. The molecule has 0 fully saturated rings. The largest absolute Gasteiger partial charge is 0.0622 e. The van der Waals surface area contributed by atoms with Crippen molar-refractivity contribution in [3.05, 3.63) is 94.1 Å². The number of hydrogen-bond donors (Lipinski definition) is 0. The summed E-state index contributed by atoms with van der Waals surface area (Å²) in [6, 6.07) is 12.8. The Hall–Kier alpha value is -2.34. The Bertz CT molecular complexity index is 624. The summed E-state index contributed by atoms with van der Waals surface area (Å²) >= 11 is 0. The Labute approximate surface area is 134 Å². The van der Waals surface area contributed by atoms with Crippen LogP contribution >= 0.6 is 0 Å². The first-order chi connectivity index (χ1) is 10.6. The van der Waals surface area contributed by atoms with Gasteiger partial charge < -0.3 is 0 Å². The van der Waals surface area contributed by atoms with E-state index in [1.54, 1.807) is 0 Å². The Kier molecular flexibility index (Phi) is 5.55. The predicted octanol–water partition coefficient (Wildman–Crippen LogP) is 6.20. The fourth-order valence-corrected chi connectivity index (χ4v) is 2.61. The Morgan fingerprint density at radius 3 is 1.14 bits per heavy atom. The van der Waals surface area contributed by atoms with Gasteiger partial charge in [-0.25, -0.2) is 0 Å². The van der Waals surface area contributed by atoms with Crippen LogP contribution in [0.15, 0.2) is 60.7 Å². The van der Waals surface area contributed by atoms with E-state index in [1.807, 2.05) is 0 Å². The molecule has 0 aliphatic carbocycles. The maximum atomic E-state index is 2.17. The molecule has 2 aromatic carbocycles. The van der Waals surface area contributed by atoms with Gasteiger partial charge >= 0.3 is 0 Å². The maximum Gasteiger partial charge on any atom is -0.0198 e. The Morgan fingerprint density at radius 2 is 0.818 bits per heavy atom. The Morgan fingerprint density at radius 1 is 0.500 bits per heavy atom. The first kappa shape index (κ1) is 16.0. The van der Waals surface area contributed by atoms with Crippen LogP contribution in [0.3, 0.4) is 0 Å². The van der Waals surface area contributed by atoms with Crippen molar-refractivity contribution >= 4 is 12.2 Å². The summed E-state index contributed by atoms with van der Waals surface area (Å²) in [6.07, 6.45) is 12.7. The van der Waals surface area contributed by atoms with Gasteiger partial charge in [0.15, 0.2) is 0 Å². The molecule has 0 saturated carbocycles. The second kappa shape index (κ2) is 7.61. The predicted molar refractivity (Wildman–Crippen MR) is 99.0 cm³/mol. The standard InChI is InChI=1S/C22H24/c1-17-11-9-12-18(2)21(17)15-7-5-6-8-16-22-19(3)13-10-14-20(22)4/h5-16H,1-4H3/b6-5+,15-7+,16-8+. The van der Waals surface area contributed by atoms with Crippen LogP contribution in [0.1, 0.15) is 33.4 Å². The van der Waals surface area contributed by atoms with Crippen molar-refractivity contribution in [2.75, 3.05) is 0 Å². The van der Waals surface area contributed by atoms with Crippen molar-refractivity contribution in [3.8, 4) is 0 Å². The van der Waals surface area contributed by atoms with Crippen molar-refractivity contribution in [1.82, 2.24) is 0 Å². The van der Waals surface area contributed by atoms with Crippen molar-refractivity contribution in [2.24, 2.45) is 0 Å². The zero-order valence-electron chi connectivity index (χ0n) is 13.9. The van der Waals surface area contributed by atoms with E-state index >= 15 is 0 Å². The highest BCUT2D eigenvalue weighted by Crippen LogP contribution is 2.16. The van der Waals surface area contributed by atoms with E-state index in [4.69, 9.17) is 0 Å². The van der Waals surface area contributed by atoms with E-state index in [-0.39, 0.29) is 0 Å². The van der Waals surface area contributed by atoms with Crippen molar-refractivity contribution in [1.29, 1.82) is 0 Å². The van der Waals surface area contributed by atoms with Gasteiger partial charge in [-0.15, -0.1) is 0 Å². The van der Waals surface area contributed by atoms with Crippen molar-refractivity contribution < 1.29 is 0 Å². The quantitative estimate of drug-likeness (QED) is 0.587. The van der Waals surface area contributed by atoms with Crippen LogP contribution in [0.2, 0.25) is 0 Å². The molecular formula is C22H24. The van der Waals surface area contributed by atoms with Gasteiger partial charge in [-0.3, -0.25) is 0 Å². The molecule has 0 heterocycles. The number of aryl methyl sites for hydroxylation is 4. The van der Waals surface area contributed by atoms with Gasteiger partial charge in [-0.2, -0.15) is 0 Å². The molecule has 0 unspecified atom stereocenters. The van der Waals surface area contributed by atoms with Gasteiger partial charge in [0.05, 0.1) is 0 Å². The molecule has 0 aromatic heterocycles. The average Bonchev–Trinajstić information content (AvgIpc) is 2.47. The highest BCUT2D eigenvalue weighted by atomic mass is 14.0. The lowest BCUT2D eigenvalue weighted by Crippen LogP contribution is -1.84. The molecule has 2 rings (SSSR count). The number of allylic oxidation sites excluding steroid dienone is 4. The summed E-state index contributed by atoms with van der Waals surface area (Å²) in [6.45, 7) is 8.60. The molecule has 0 bridgehead atoms. The first-order valence-electron chi connectivity index (χ1n) is 7.73. The van der Waals surface area contributed by atoms with Crippen molar-refractivity contribution in [3.63, 3.8) is 0 Å². The lowest BCUT2D eigenvalue weighted by Gasteiger charge is -2.03. The zero-order chi connectivity index (χ0) is 15.9. The summed E-state index contributed by atoms with van der Waals surface area (Å²) in [5, 5.41) is 0. The highest BCUT2D eigenvalue weighted by molar-refractivity contribution is 5.60. The van der Waals surface area contributed by atoms with E-state index < -0.39 is 0 Å². The number of rotatable bonds is 4. The van der Waals surface area contributed by atoms with Gasteiger partial charge in [0.1, 0.15) is 0 Å². The molecule has 0 aliphatic heterocycles. The SMILES string of the molecule is Cc1cccc(C)c1/C=C/C=C/C=C/c1c(C)cccc1C. The van der Waals surface area contributed by atoms with Crippen LogP contribution in [0.5, 0.6) is 0 Å². The zero-order valence-corrected chi connectivity index (χ0v) is 13.9. The van der Waals surface area contributed by atoms with Gasteiger partial charge in [0.25, 0.3) is 0 Å². The van der Waals surface area contributed by atoms with Crippen molar-refractivity contribution in [2.45, 2.75) is 27.7 Å². The van der Waals surface area contributed by atoms with E-state index in [2.05, 4.69) is 101 Å². The molecule has 0 nitrogen and oxygen atoms in total. The van der Waals surface area contributed by atoms with Gasteiger partial charge in [0.2, 0.25) is 0 Å². The van der Waals surface area contributed by atoms with Crippen LogP contribution < -0.4 is 0 Å². The van der Waals surface area contributed by atoms with E-state index in [0.717, 1.165) is 0 Å². The minimum atomic E-state index is 1.31. The summed E-state index contributed by atoms with van der Waals surface area (Å²) in [5.74, 6) is 0. The van der Waals surface area contributed by atoms with Crippen LogP contribution in [-0.2, 0) is 0 Å². The highest BCUT2D eigenvalue weighted by Gasteiger charge is 1.96. The second-order valence-electron chi connectivity index (χ2n) is 5.71. The number of benzene rings is 2. The summed E-state index contributed by atoms with van der Waals surface area (Å²) in [4.78, 5) is 0. The van der Waals surface area contributed by atoms with Crippen LogP contribution in [-0.4, -0.2) is 0 Å². The molecule has 0 atom stereocenters. The molecule has 0 spiro atoms. The first-order valence-corrected chi connectivity index (χ1v) is 7.73. The molecule has 2 aromatic rings. The minimum absolute atomic E-state index is 1.31. The number of hydrogen-bond acceptors (Lipinski definition) is 0. The lowest BCUT2D eigenvalue weighted by atomic mass is 10.0. The van der Waals surface area contributed by atoms with E-state index in [0.29, 0.717) is 0 Å². The minimum Gasteiger partial charge on any atom is -0.0622 e. The van der Waals surface area contributed by atoms with Gasteiger partial charge in [0, 0.05) is 0 Å². The van der Waals surface area contributed by atoms with E-state index in [1.165, 1.54) is 33.4 Å². The summed E-state index contributed by atoms with van der Waals surface area (Å²) < 4.78 is 0. The average molecular weight is 288 g/mol.